The smallest absolute Gasteiger partial charge is 0.00430 e. The van der Waals surface area contributed by atoms with Crippen molar-refractivity contribution in [2.75, 3.05) is 13.1 Å². The highest BCUT2D eigenvalue weighted by Crippen LogP contribution is 2.51. The van der Waals surface area contributed by atoms with E-state index in [1.807, 2.05) is 0 Å². The predicted octanol–water partition coefficient (Wildman–Crippen LogP) is 0.566. The minimum absolute atomic E-state index is 0.763. The molecule has 0 aromatic carbocycles. The average Bonchev–Trinajstić information content (AvgIpc) is 2.60. The molecule has 0 aromatic rings. The number of fused-ring (bicyclic) bond motifs is 2. The Labute approximate surface area is 68.3 Å². The predicted molar refractivity (Wildman–Crippen MR) is 45.9 cm³/mol. The van der Waals surface area contributed by atoms with Crippen molar-refractivity contribution in [3.63, 3.8) is 0 Å². The molecule has 2 bridgehead atoms. The summed E-state index contributed by atoms with van der Waals surface area (Å²) in [5.74, 6) is 3.38. The zero-order valence-electron chi connectivity index (χ0n) is 7.00. The van der Waals surface area contributed by atoms with E-state index in [0.717, 1.165) is 36.8 Å². The lowest BCUT2D eigenvalue weighted by atomic mass is 9.79. The van der Waals surface area contributed by atoms with Crippen molar-refractivity contribution in [2.45, 2.75) is 19.3 Å². The van der Waals surface area contributed by atoms with Crippen LogP contribution >= 0.6 is 0 Å². The van der Waals surface area contributed by atoms with Crippen LogP contribution in [0.4, 0.5) is 0 Å². The third-order valence-electron chi connectivity index (χ3n) is 3.82. The molecule has 0 aliphatic heterocycles. The van der Waals surface area contributed by atoms with E-state index in [0.29, 0.717) is 0 Å². The van der Waals surface area contributed by atoms with Gasteiger partial charge >= 0.3 is 0 Å². The van der Waals surface area contributed by atoms with Gasteiger partial charge in [0.25, 0.3) is 0 Å². The van der Waals surface area contributed by atoms with E-state index in [4.69, 9.17) is 11.5 Å². The summed E-state index contributed by atoms with van der Waals surface area (Å²) < 4.78 is 0. The molecule has 0 aromatic heterocycles. The van der Waals surface area contributed by atoms with Gasteiger partial charge in [0.05, 0.1) is 0 Å². The van der Waals surface area contributed by atoms with Gasteiger partial charge < -0.3 is 11.5 Å². The summed E-state index contributed by atoms with van der Waals surface area (Å²) >= 11 is 0. The van der Waals surface area contributed by atoms with Gasteiger partial charge in [0.15, 0.2) is 0 Å². The summed E-state index contributed by atoms with van der Waals surface area (Å²) in [6.07, 6.45) is 4.26. The fourth-order valence-electron chi connectivity index (χ4n) is 3.26. The normalized spacial score (nSPS) is 48.5. The molecule has 4 atom stereocenters. The Bertz CT molecular complexity index is 130. The van der Waals surface area contributed by atoms with Crippen LogP contribution in [0.1, 0.15) is 19.3 Å². The Kier molecular flexibility index (Phi) is 1.90. The molecule has 2 saturated carbocycles. The molecule has 0 spiro atoms. The van der Waals surface area contributed by atoms with Gasteiger partial charge in [-0.3, -0.25) is 0 Å². The lowest BCUT2D eigenvalue weighted by molar-refractivity contribution is 0.234. The zero-order valence-corrected chi connectivity index (χ0v) is 7.00. The monoisotopic (exact) mass is 154 g/mol. The van der Waals surface area contributed by atoms with Crippen LogP contribution in [0.15, 0.2) is 0 Å². The summed E-state index contributed by atoms with van der Waals surface area (Å²) in [5.41, 5.74) is 11.5. The standard InChI is InChI=1S/C9H18N2/c10-4-8-6-1-2-7(3-6)9(8)5-11/h6-9H,1-5,10-11H2/t6?,7?,8-,9-/m1/s1. The first-order valence-corrected chi connectivity index (χ1v) is 4.77. The molecule has 0 saturated heterocycles. The van der Waals surface area contributed by atoms with E-state index in [-0.39, 0.29) is 0 Å². The van der Waals surface area contributed by atoms with Crippen LogP contribution in [0, 0.1) is 23.7 Å². The van der Waals surface area contributed by atoms with Crippen molar-refractivity contribution in [1.29, 1.82) is 0 Å². The Morgan fingerprint density at radius 1 is 0.909 bits per heavy atom. The summed E-state index contributed by atoms with van der Waals surface area (Å²) in [4.78, 5) is 0. The summed E-state index contributed by atoms with van der Waals surface area (Å²) in [6, 6.07) is 0. The van der Waals surface area contributed by atoms with Gasteiger partial charge in [-0.1, -0.05) is 0 Å². The second kappa shape index (κ2) is 2.76. The number of rotatable bonds is 2. The van der Waals surface area contributed by atoms with Gasteiger partial charge in [-0.15, -0.1) is 0 Å². The van der Waals surface area contributed by atoms with Crippen LogP contribution in [-0.2, 0) is 0 Å². The molecule has 2 fully saturated rings. The molecule has 64 valence electrons. The summed E-state index contributed by atoms with van der Waals surface area (Å²) in [7, 11) is 0. The Hall–Kier alpha value is -0.0800. The van der Waals surface area contributed by atoms with Crippen LogP contribution in [0.25, 0.3) is 0 Å². The molecule has 0 radical (unpaired) electrons. The summed E-state index contributed by atoms with van der Waals surface area (Å²) in [5, 5.41) is 0. The quantitative estimate of drug-likeness (QED) is 0.611. The molecule has 2 aliphatic carbocycles. The third kappa shape index (κ3) is 1.00. The lowest BCUT2D eigenvalue weighted by Crippen LogP contribution is -2.33. The molecule has 2 rings (SSSR count). The van der Waals surface area contributed by atoms with Crippen molar-refractivity contribution in [3.8, 4) is 0 Å². The van der Waals surface area contributed by atoms with Gasteiger partial charge in [0.2, 0.25) is 0 Å². The Morgan fingerprint density at radius 3 is 1.73 bits per heavy atom. The highest BCUT2D eigenvalue weighted by Gasteiger charge is 2.45. The molecule has 0 amide bonds. The Balaban J connectivity index is 2.08. The first kappa shape index (κ1) is 7.56. The van der Waals surface area contributed by atoms with E-state index < -0.39 is 0 Å². The zero-order chi connectivity index (χ0) is 7.84. The largest absolute Gasteiger partial charge is 0.330 e. The molecule has 2 heteroatoms. The minimum atomic E-state index is 0.763. The van der Waals surface area contributed by atoms with Crippen molar-refractivity contribution >= 4 is 0 Å². The minimum Gasteiger partial charge on any atom is -0.330 e. The van der Waals surface area contributed by atoms with Gasteiger partial charge in [-0.25, -0.2) is 0 Å². The number of nitrogens with two attached hydrogens (primary N) is 2. The van der Waals surface area contributed by atoms with Gasteiger partial charge in [0, 0.05) is 0 Å². The van der Waals surface area contributed by atoms with Crippen LogP contribution in [0.5, 0.6) is 0 Å². The van der Waals surface area contributed by atoms with Crippen LogP contribution in [0.2, 0.25) is 0 Å². The van der Waals surface area contributed by atoms with Crippen LogP contribution in [0.3, 0.4) is 0 Å². The number of hydrogen-bond acceptors (Lipinski definition) is 2. The molecule has 4 N–H and O–H groups in total. The van der Waals surface area contributed by atoms with Crippen LogP contribution < -0.4 is 11.5 Å². The van der Waals surface area contributed by atoms with Crippen molar-refractivity contribution in [2.24, 2.45) is 35.1 Å². The lowest BCUT2D eigenvalue weighted by Gasteiger charge is -2.28. The van der Waals surface area contributed by atoms with Gasteiger partial charge in [0.1, 0.15) is 0 Å². The Morgan fingerprint density at radius 2 is 1.36 bits per heavy atom. The molecule has 11 heavy (non-hydrogen) atoms. The first-order chi connectivity index (χ1) is 5.36. The van der Waals surface area contributed by atoms with Gasteiger partial charge in [-0.05, 0) is 56.0 Å². The van der Waals surface area contributed by atoms with Gasteiger partial charge in [-0.2, -0.15) is 0 Å². The topological polar surface area (TPSA) is 52.0 Å². The van der Waals surface area contributed by atoms with E-state index in [9.17, 15) is 0 Å². The second-order valence-electron chi connectivity index (χ2n) is 4.13. The molecule has 2 unspecified atom stereocenters. The second-order valence-corrected chi connectivity index (χ2v) is 4.13. The van der Waals surface area contributed by atoms with Crippen molar-refractivity contribution < 1.29 is 0 Å². The molecule has 2 nitrogen and oxygen atoms in total. The summed E-state index contributed by atoms with van der Waals surface area (Å²) in [6.45, 7) is 1.73. The van der Waals surface area contributed by atoms with E-state index in [2.05, 4.69) is 0 Å². The van der Waals surface area contributed by atoms with Crippen molar-refractivity contribution in [3.05, 3.63) is 0 Å². The van der Waals surface area contributed by atoms with Crippen molar-refractivity contribution in [1.82, 2.24) is 0 Å². The maximum Gasteiger partial charge on any atom is -0.00430 e. The maximum absolute atomic E-state index is 5.73. The van der Waals surface area contributed by atoms with E-state index in [1.54, 1.807) is 0 Å². The molecular weight excluding hydrogens is 136 g/mol. The SMILES string of the molecule is NC[C@@H]1C2CCC(C2)[C@H]1CN. The number of hydrogen-bond donors (Lipinski definition) is 2. The third-order valence-corrected chi connectivity index (χ3v) is 3.82. The average molecular weight is 154 g/mol. The molecule has 2 aliphatic rings. The van der Waals surface area contributed by atoms with Crippen LogP contribution in [-0.4, -0.2) is 13.1 Å². The fourth-order valence-corrected chi connectivity index (χ4v) is 3.26. The maximum atomic E-state index is 5.73. The first-order valence-electron chi connectivity index (χ1n) is 4.77. The highest BCUT2D eigenvalue weighted by atomic mass is 14.7. The molecular formula is C9H18N2. The van der Waals surface area contributed by atoms with E-state index >= 15 is 0 Å². The fraction of sp³-hybridized carbons (Fsp3) is 1.00. The van der Waals surface area contributed by atoms with E-state index in [1.165, 1.54) is 19.3 Å². The highest BCUT2D eigenvalue weighted by molar-refractivity contribution is 4.96. The molecule has 0 heterocycles.